The van der Waals surface area contributed by atoms with E-state index >= 15 is 0 Å². The van der Waals surface area contributed by atoms with Gasteiger partial charge in [0.25, 0.3) is 5.91 Å². The number of halogens is 3. The van der Waals surface area contributed by atoms with Crippen molar-refractivity contribution in [2.45, 2.75) is 25.9 Å². The van der Waals surface area contributed by atoms with Crippen LogP contribution in [0.2, 0.25) is 0 Å². The Balaban J connectivity index is 1.96. The topological polar surface area (TPSA) is 61.9 Å². The number of carbonyl (C=O) groups excluding carboxylic acids is 1. The van der Waals surface area contributed by atoms with Gasteiger partial charge in [-0.3, -0.25) is 9.89 Å². The molecule has 0 bridgehead atoms. The highest BCUT2D eigenvalue weighted by atomic mass is 19.4. The highest BCUT2D eigenvalue weighted by Crippen LogP contribution is 2.34. The van der Waals surface area contributed by atoms with Crippen molar-refractivity contribution < 1.29 is 18.0 Å². The summed E-state index contributed by atoms with van der Waals surface area (Å²) in [5.74, 6) is -1.21. The Bertz CT molecular complexity index is 435. The van der Waals surface area contributed by atoms with Gasteiger partial charge >= 0.3 is 6.18 Å². The molecule has 5 nitrogen and oxygen atoms in total. The number of aromatic nitrogens is 3. The molecule has 1 aliphatic rings. The minimum atomic E-state index is -4.17. The fourth-order valence-electron chi connectivity index (χ4n) is 1.99. The van der Waals surface area contributed by atoms with Crippen LogP contribution in [-0.2, 0) is 0 Å². The molecule has 0 aromatic carbocycles. The van der Waals surface area contributed by atoms with Crippen LogP contribution in [0.4, 0.5) is 13.2 Å². The summed E-state index contributed by atoms with van der Waals surface area (Å²) in [7, 11) is 0. The molecule has 1 aromatic heterocycles. The smallest absolute Gasteiger partial charge is 0.336 e. The zero-order valence-electron chi connectivity index (χ0n) is 9.79. The molecular formula is C10H13F3N4O. The van der Waals surface area contributed by atoms with Crippen molar-refractivity contribution in [3.05, 3.63) is 11.6 Å². The molecule has 1 saturated heterocycles. The molecule has 100 valence electrons. The SMILES string of the molecule is Cc1nc(C(=O)N2CCC(C(F)(F)F)CC2)n[nH]1. The highest BCUT2D eigenvalue weighted by Gasteiger charge is 2.42. The van der Waals surface area contributed by atoms with E-state index in [0.29, 0.717) is 5.82 Å². The monoisotopic (exact) mass is 262 g/mol. The first-order valence-corrected chi connectivity index (χ1v) is 5.63. The quantitative estimate of drug-likeness (QED) is 0.834. The van der Waals surface area contributed by atoms with E-state index < -0.39 is 18.0 Å². The van der Waals surface area contributed by atoms with E-state index in [9.17, 15) is 18.0 Å². The van der Waals surface area contributed by atoms with Crippen LogP contribution in [0.25, 0.3) is 0 Å². The predicted molar refractivity (Wildman–Crippen MR) is 55.8 cm³/mol. The summed E-state index contributed by atoms with van der Waals surface area (Å²) in [6.45, 7) is 1.84. The van der Waals surface area contributed by atoms with Gasteiger partial charge in [-0.05, 0) is 19.8 Å². The van der Waals surface area contributed by atoms with E-state index in [4.69, 9.17) is 0 Å². The normalized spacial score (nSPS) is 18.1. The third-order valence-electron chi connectivity index (χ3n) is 3.03. The van der Waals surface area contributed by atoms with E-state index in [1.54, 1.807) is 6.92 Å². The van der Waals surface area contributed by atoms with E-state index in [-0.39, 0.29) is 31.8 Å². The minimum Gasteiger partial charge on any atom is -0.336 e. The number of alkyl halides is 3. The Morgan fingerprint density at radius 3 is 2.44 bits per heavy atom. The zero-order valence-corrected chi connectivity index (χ0v) is 9.79. The van der Waals surface area contributed by atoms with Gasteiger partial charge in [0.05, 0.1) is 5.92 Å². The van der Waals surface area contributed by atoms with Crippen molar-refractivity contribution in [2.75, 3.05) is 13.1 Å². The van der Waals surface area contributed by atoms with Gasteiger partial charge in [0.15, 0.2) is 0 Å². The van der Waals surface area contributed by atoms with Crippen molar-refractivity contribution in [1.82, 2.24) is 20.1 Å². The molecule has 1 fully saturated rings. The van der Waals surface area contributed by atoms with Crippen LogP contribution in [0.5, 0.6) is 0 Å². The molecule has 2 heterocycles. The van der Waals surface area contributed by atoms with E-state index in [1.165, 1.54) is 4.90 Å². The van der Waals surface area contributed by atoms with Gasteiger partial charge in [-0.1, -0.05) is 0 Å². The molecular weight excluding hydrogens is 249 g/mol. The Kier molecular flexibility index (Phi) is 3.27. The third kappa shape index (κ3) is 2.62. The maximum absolute atomic E-state index is 12.5. The lowest BCUT2D eigenvalue weighted by atomic mass is 9.96. The highest BCUT2D eigenvalue weighted by molar-refractivity contribution is 5.90. The van der Waals surface area contributed by atoms with Crippen LogP contribution < -0.4 is 0 Å². The fourth-order valence-corrected chi connectivity index (χ4v) is 1.99. The number of carbonyl (C=O) groups is 1. The number of likely N-dealkylation sites (tertiary alicyclic amines) is 1. The van der Waals surface area contributed by atoms with Crippen LogP contribution in [0.1, 0.15) is 29.3 Å². The van der Waals surface area contributed by atoms with E-state index in [0.717, 1.165) is 0 Å². The van der Waals surface area contributed by atoms with Gasteiger partial charge in [0, 0.05) is 13.1 Å². The lowest BCUT2D eigenvalue weighted by Gasteiger charge is -2.32. The lowest BCUT2D eigenvalue weighted by Crippen LogP contribution is -2.42. The van der Waals surface area contributed by atoms with Crippen LogP contribution in [0.3, 0.4) is 0 Å². The molecule has 0 radical (unpaired) electrons. The van der Waals surface area contributed by atoms with Crippen molar-refractivity contribution in [3.63, 3.8) is 0 Å². The Hall–Kier alpha value is -1.60. The second-order valence-corrected chi connectivity index (χ2v) is 4.35. The summed E-state index contributed by atoms with van der Waals surface area (Å²) in [5, 5.41) is 6.24. The molecule has 0 saturated carbocycles. The summed E-state index contributed by atoms with van der Waals surface area (Å²) in [4.78, 5) is 17.1. The Morgan fingerprint density at radius 1 is 1.39 bits per heavy atom. The van der Waals surface area contributed by atoms with Gasteiger partial charge in [-0.2, -0.15) is 13.2 Å². The third-order valence-corrected chi connectivity index (χ3v) is 3.03. The maximum Gasteiger partial charge on any atom is 0.391 e. The van der Waals surface area contributed by atoms with Crippen LogP contribution >= 0.6 is 0 Å². The predicted octanol–water partition coefficient (Wildman–Crippen LogP) is 1.53. The summed E-state index contributed by atoms with van der Waals surface area (Å²) in [6.07, 6.45) is -4.28. The number of aryl methyl sites for hydroxylation is 1. The van der Waals surface area contributed by atoms with Gasteiger partial charge in [0.1, 0.15) is 5.82 Å². The summed E-state index contributed by atoms with van der Waals surface area (Å²) in [5.41, 5.74) is 0. The molecule has 2 rings (SSSR count). The molecule has 1 aliphatic heterocycles. The maximum atomic E-state index is 12.5. The second kappa shape index (κ2) is 4.58. The van der Waals surface area contributed by atoms with Gasteiger partial charge in [0.2, 0.25) is 5.82 Å². The Morgan fingerprint density at radius 2 is 2.00 bits per heavy atom. The number of piperidine rings is 1. The summed E-state index contributed by atoms with van der Waals surface area (Å²) < 4.78 is 37.4. The number of nitrogens with zero attached hydrogens (tertiary/aromatic N) is 3. The molecule has 1 aromatic rings. The minimum absolute atomic E-state index is 0.0120. The van der Waals surface area contributed by atoms with E-state index in [1.807, 2.05) is 0 Å². The molecule has 0 atom stereocenters. The lowest BCUT2D eigenvalue weighted by molar-refractivity contribution is -0.183. The van der Waals surface area contributed by atoms with Gasteiger partial charge in [-0.15, -0.1) is 5.10 Å². The average molecular weight is 262 g/mol. The van der Waals surface area contributed by atoms with Crippen molar-refractivity contribution in [3.8, 4) is 0 Å². The van der Waals surface area contributed by atoms with E-state index in [2.05, 4.69) is 15.2 Å². The largest absolute Gasteiger partial charge is 0.391 e. The standard InChI is InChI=1S/C10H13F3N4O/c1-6-14-8(16-15-6)9(18)17-4-2-7(3-5-17)10(11,12)13/h7H,2-5H2,1H3,(H,14,15,16). The molecule has 18 heavy (non-hydrogen) atoms. The van der Waals surface area contributed by atoms with Crippen molar-refractivity contribution in [2.24, 2.45) is 5.92 Å². The number of rotatable bonds is 1. The first-order valence-electron chi connectivity index (χ1n) is 5.63. The second-order valence-electron chi connectivity index (χ2n) is 4.35. The molecule has 0 spiro atoms. The number of nitrogens with one attached hydrogen (secondary N) is 1. The van der Waals surface area contributed by atoms with Gasteiger partial charge in [-0.25, -0.2) is 4.98 Å². The van der Waals surface area contributed by atoms with Crippen LogP contribution in [0.15, 0.2) is 0 Å². The molecule has 0 unspecified atom stereocenters. The summed E-state index contributed by atoms with van der Waals surface area (Å²) >= 11 is 0. The zero-order chi connectivity index (χ0) is 13.3. The number of H-pyrrole nitrogens is 1. The van der Waals surface area contributed by atoms with Crippen LogP contribution in [-0.4, -0.2) is 45.3 Å². The number of hydrogen-bond acceptors (Lipinski definition) is 3. The molecule has 1 N–H and O–H groups in total. The number of hydrogen-bond donors (Lipinski definition) is 1. The molecule has 1 amide bonds. The average Bonchev–Trinajstić information content (AvgIpc) is 2.74. The van der Waals surface area contributed by atoms with Crippen molar-refractivity contribution in [1.29, 1.82) is 0 Å². The van der Waals surface area contributed by atoms with Crippen molar-refractivity contribution >= 4 is 5.91 Å². The fraction of sp³-hybridized carbons (Fsp3) is 0.700. The number of amides is 1. The molecule has 0 aliphatic carbocycles. The molecule has 8 heteroatoms. The van der Waals surface area contributed by atoms with Gasteiger partial charge < -0.3 is 4.90 Å². The number of aromatic amines is 1. The van der Waals surface area contributed by atoms with Crippen LogP contribution in [0, 0.1) is 12.8 Å². The Labute approximate surface area is 101 Å². The first kappa shape index (κ1) is 12.8. The summed E-state index contributed by atoms with van der Waals surface area (Å²) in [6, 6.07) is 0. The first-order chi connectivity index (χ1) is 8.38.